The van der Waals surface area contributed by atoms with Crippen LogP contribution in [0.15, 0.2) is 30.3 Å². The minimum Gasteiger partial charge on any atom is -0.346 e. The van der Waals surface area contributed by atoms with Gasteiger partial charge in [-0.1, -0.05) is 38.5 Å². The highest BCUT2D eigenvalue weighted by molar-refractivity contribution is 6.35. The molecule has 0 heterocycles. The molecule has 0 radical (unpaired) electrons. The topological polar surface area (TPSA) is 116 Å². The molecule has 1 rings (SSSR count). The highest BCUT2D eigenvalue weighted by atomic mass is 16.2. The second kappa shape index (κ2) is 10.2. The lowest BCUT2D eigenvalue weighted by atomic mass is 9.98. The van der Waals surface area contributed by atoms with E-state index >= 15 is 0 Å². The third-order valence-corrected chi connectivity index (χ3v) is 3.74. The van der Waals surface area contributed by atoms with E-state index in [1.54, 1.807) is 44.2 Å². The molecule has 4 amide bonds. The number of carbonyl (C=O) groups is 4. The summed E-state index contributed by atoms with van der Waals surface area (Å²) in [6.45, 7) is 7.11. The van der Waals surface area contributed by atoms with E-state index < -0.39 is 29.7 Å². The molecule has 0 bridgehead atoms. The van der Waals surface area contributed by atoms with E-state index in [9.17, 15) is 19.2 Å². The molecule has 2 atom stereocenters. The van der Waals surface area contributed by atoms with Gasteiger partial charge in [0.1, 0.15) is 6.04 Å². The Morgan fingerprint density at radius 1 is 0.885 bits per heavy atom. The van der Waals surface area contributed by atoms with Crippen molar-refractivity contribution in [3.63, 3.8) is 0 Å². The molecule has 1 aromatic carbocycles. The van der Waals surface area contributed by atoms with Gasteiger partial charge in [-0.15, -0.1) is 0 Å². The monoisotopic (exact) mass is 362 g/mol. The molecule has 0 spiro atoms. The summed E-state index contributed by atoms with van der Waals surface area (Å²) in [6, 6.07) is 7.44. The zero-order chi connectivity index (χ0) is 19.7. The number of carbonyl (C=O) groups excluding carboxylic acids is 4. The molecule has 8 nitrogen and oxygen atoms in total. The maximum absolute atomic E-state index is 12.4. The number of nitrogens with one attached hydrogen (secondary N) is 4. The van der Waals surface area contributed by atoms with Crippen LogP contribution in [0.25, 0.3) is 0 Å². The Labute approximate surface area is 153 Å². The van der Waals surface area contributed by atoms with E-state index in [2.05, 4.69) is 21.5 Å². The predicted molar refractivity (Wildman–Crippen MR) is 96.7 cm³/mol. The third-order valence-electron chi connectivity index (χ3n) is 3.74. The molecule has 0 aliphatic rings. The van der Waals surface area contributed by atoms with Gasteiger partial charge < -0.3 is 10.6 Å². The van der Waals surface area contributed by atoms with Crippen molar-refractivity contribution in [3.8, 4) is 0 Å². The first-order valence-electron chi connectivity index (χ1n) is 8.52. The number of amides is 4. The highest BCUT2D eigenvalue weighted by Crippen LogP contribution is 2.09. The largest absolute Gasteiger partial charge is 0.346 e. The van der Waals surface area contributed by atoms with Gasteiger partial charge in [0.05, 0.1) is 0 Å². The first kappa shape index (κ1) is 21.1. The average Bonchev–Trinajstić information content (AvgIpc) is 2.63. The smallest absolute Gasteiger partial charge is 0.327 e. The Balaban J connectivity index is 2.71. The van der Waals surface area contributed by atoms with E-state index in [0.717, 1.165) is 0 Å². The van der Waals surface area contributed by atoms with Crippen LogP contribution in [0.3, 0.4) is 0 Å². The van der Waals surface area contributed by atoms with Crippen LogP contribution in [0.2, 0.25) is 0 Å². The zero-order valence-corrected chi connectivity index (χ0v) is 15.5. The normalized spacial score (nSPS) is 12.7. The first-order valence-corrected chi connectivity index (χ1v) is 8.52. The molecule has 8 heteroatoms. The number of hydrogen-bond acceptors (Lipinski definition) is 4. The van der Waals surface area contributed by atoms with Gasteiger partial charge in [-0.25, -0.2) is 0 Å². The Kier molecular flexibility index (Phi) is 8.27. The molecule has 0 aliphatic carbocycles. The second-order valence-corrected chi connectivity index (χ2v) is 6.27. The van der Waals surface area contributed by atoms with Crippen LogP contribution >= 0.6 is 0 Å². The van der Waals surface area contributed by atoms with Crippen molar-refractivity contribution in [2.24, 2.45) is 5.92 Å². The molecule has 142 valence electrons. The molecule has 0 aliphatic heterocycles. The van der Waals surface area contributed by atoms with E-state index in [-0.39, 0.29) is 12.0 Å². The molecule has 26 heavy (non-hydrogen) atoms. The lowest BCUT2D eigenvalue weighted by Gasteiger charge is -2.23. The first-order chi connectivity index (χ1) is 12.3. The fourth-order valence-electron chi connectivity index (χ4n) is 2.10. The molecule has 4 N–H and O–H groups in total. The summed E-state index contributed by atoms with van der Waals surface area (Å²) >= 11 is 0. The third kappa shape index (κ3) is 6.54. The molecule has 0 fully saturated rings. The molecular weight excluding hydrogens is 336 g/mol. The van der Waals surface area contributed by atoms with Crippen molar-refractivity contribution in [1.29, 1.82) is 0 Å². The summed E-state index contributed by atoms with van der Waals surface area (Å²) in [6.07, 6.45) is 0.634. The summed E-state index contributed by atoms with van der Waals surface area (Å²) in [5.74, 6) is -3.01. The predicted octanol–water partition coefficient (Wildman–Crippen LogP) is 0.503. The molecule has 0 saturated carbocycles. The van der Waals surface area contributed by atoms with Crippen molar-refractivity contribution in [3.05, 3.63) is 35.9 Å². The Bertz CT molecular complexity index is 646. The highest BCUT2D eigenvalue weighted by Gasteiger charge is 2.27. The Morgan fingerprint density at radius 3 is 2.04 bits per heavy atom. The van der Waals surface area contributed by atoms with Crippen LogP contribution < -0.4 is 21.5 Å². The van der Waals surface area contributed by atoms with E-state index in [0.29, 0.717) is 12.0 Å². The fourth-order valence-corrected chi connectivity index (χ4v) is 2.10. The summed E-state index contributed by atoms with van der Waals surface area (Å²) in [5, 5.41) is 5.08. The van der Waals surface area contributed by atoms with E-state index in [1.807, 2.05) is 13.8 Å². The summed E-state index contributed by atoms with van der Waals surface area (Å²) < 4.78 is 0. The van der Waals surface area contributed by atoms with Gasteiger partial charge in [0.15, 0.2) is 0 Å². The van der Waals surface area contributed by atoms with Gasteiger partial charge in [-0.3, -0.25) is 30.0 Å². The van der Waals surface area contributed by atoms with Crippen LogP contribution in [0.5, 0.6) is 0 Å². The molecule has 0 aromatic heterocycles. The lowest BCUT2D eigenvalue weighted by Crippen LogP contribution is -2.56. The quantitative estimate of drug-likeness (QED) is 0.436. The van der Waals surface area contributed by atoms with Crippen LogP contribution in [0.4, 0.5) is 0 Å². The Hall–Kier alpha value is -2.90. The van der Waals surface area contributed by atoms with Crippen molar-refractivity contribution in [2.75, 3.05) is 0 Å². The standard InChI is InChI=1S/C18H26N4O4/c1-5-12(4)14(20-15(23)13-9-7-6-8-10-13)16(24)21-22-18(26)17(25)19-11(2)3/h6-12,14H,5H2,1-4H3,(H,19,25)(H,20,23)(H,21,24)(H,22,26)/t12-,14+/m1/s1. The summed E-state index contributed by atoms with van der Waals surface area (Å²) in [4.78, 5) is 47.9. The van der Waals surface area contributed by atoms with Gasteiger partial charge in [0, 0.05) is 11.6 Å². The van der Waals surface area contributed by atoms with Crippen LogP contribution in [-0.4, -0.2) is 35.7 Å². The molecule has 0 saturated heterocycles. The van der Waals surface area contributed by atoms with Gasteiger partial charge in [0.25, 0.3) is 11.8 Å². The van der Waals surface area contributed by atoms with Gasteiger partial charge in [-0.05, 0) is 31.9 Å². The zero-order valence-electron chi connectivity index (χ0n) is 15.5. The van der Waals surface area contributed by atoms with Crippen molar-refractivity contribution in [2.45, 2.75) is 46.2 Å². The van der Waals surface area contributed by atoms with Crippen molar-refractivity contribution >= 4 is 23.6 Å². The fraction of sp³-hybridized carbons (Fsp3) is 0.444. The number of hydrogen-bond donors (Lipinski definition) is 4. The van der Waals surface area contributed by atoms with Crippen molar-refractivity contribution < 1.29 is 19.2 Å². The van der Waals surface area contributed by atoms with Gasteiger partial charge in [0.2, 0.25) is 0 Å². The summed E-state index contributed by atoms with van der Waals surface area (Å²) in [5.41, 5.74) is 4.68. The maximum Gasteiger partial charge on any atom is 0.327 e. The van der Waals surface area contributed by atoms with Gasteiger partial charge >= 0.3 is 11.8 Å². The van der Waals surface area contributed by atoms with E-state index in [4.69, 9.17) is 0 Å². The maximum atomic E-state index is 12.4. The lowest BCUT2D eigenvalue weighted by molar-refractivity contribution is -0.141. The molecular formula is C18H26N4O4. The minimum absolute atomic E-state index is 0.177. The molecule has 0 unspecified atom stereocenters. The van der Waals surface area contributed by atoms with Crippen LogP contribution in [0, 0.1) is 5.92 Å². The Morgan fingerprint density at radius 2 is 1.50 bits per heavy atom. The number of hydrazine groups is 1. The number of benzene rings is 1. The SMILES string of the molecule is CC[C@@H](C)[C@H](NC(=O)c1ccccc1)C(=O)NNC(=O)C(=O)NC(C)C. The van der Waals surface area contributed by atoms with E-state index in [1.165, 1.54) is 0 Å². The van der Waals surface area contributed by atoms with Crippen LogP contribution in [-0.2, 0) is 14.4 Å². The average molecular weight is 362 g/mol. The summed E-state index contributed by atoms with van der Waals surface area (Å²) in [7, 11) is 0. The molecule has 1 aromatic rings. The van der Waals surface area contributed by atoms with Crippen molar-refractivity contribution in [1.82, 2.24) is 21.5 Å². The van der Waals surface area contributed by atoms with Gasteiger partial charge in [-0.2, -0.15) is 0 Å². The second-order valence-electron chi connectivity index (χ2n) is 6.27. The van der Waals surface area contributed by atoms with Crippen LogP contribution in [0.1, 0.15) is 44.5 Å². The minimum atomic E-state index is -0.982. The number of rotatable bonds is 6.